The predicted molar refractivity (Wildman–Crippen MR) is 76.4 cm³/mol. The van der Waals surface area contributed by atoms with E-state index in [1.54, 1.807) is 0 Å². The van der Waals surface area contributed by atoms with Gasteiger partial charge in [0.2, 0.25) is 0 Å². The van der Waals surface area contributed by atoms with Crippen LogP contribution < -0.4 is 0 Å². The van der Waals surface area contributed by atoms with E-state index in [1.807, 2.05) is 13.8 Å². The molecular weight excluding hydrogens is 259 g/mol. The highest BCUT2D eigenvalue weighted by Crippen LogP contribution is 2.75. The van der Waals surface area contributed by atoms with Crippen LogP contribution in [0, 0.1) is 17.3 Å². The first-order valence-corrected chi connectivity index (χ1v) is 9.38. The lowest BCUT2D eigenvalue weighted by Gasteiger charge is -2.61. The van der Waals surface area contributed by atoms with Gasteiger partial charge in [-0.1, -0.05) is 6.92 Å². The molecule has 4 saturated carbocycles. The van der Waals surface area contributed by atoms with Crippen LogP contribution in [0.25, 0.3) is 0 Å². The lowest BCUT2D eigenvalue weighted by atomic mass is 9.50. The van der Waals surface area contributed by atoms with Crippen LogP contribution in [-0.2, 0) is 13.6 Å². The first kappa shape index (κ1) is 14.1. The van der Waals surface area contributed by atoms with Crippen LogP contribution in [-0.4, -0.2) is 18.4 Å². The van der Waals surface area contributed by atoms with Gasteiger partial charge in [-0.25, -0.2) is 0 Å². The number of rotatable bonds is 5. The summed E-state index contributed by atoms with van der Waals surface area (Å²) in [5, 5.41) is -0.169. The van der Waals surface area contributed by atoms with Crippen LogP contribution >= 0.6 is 7.60 Å². The van der Waals surface area contributed by atoms with E-state index in [1.165, 1.54) is 19.3 Å². The summed E-state index contributed by atoms with van der Waals surface area (Å²) in [4.78, 5) is 0. The molecule has 0 N–H and O–H groups in total. The van der Waals surface area contributed by atoms with Crippen molar-refractivity contribution >= 4 is 7.60 Å². The maximum atomic E-state index is 13.4. The molecule has 0 heterocycles. The third kappa shape index (κ3) is 2.13. The SMILES string of the molecule is CCOP(=O)(OCC)C12C[C@@H]3C[C@@H](CC(C)(C3)C1)C2. The van der Waals surface area contributed by atoms with Gasteiger partial charge < -0.3 is 9.05 Å². The molecule has 0 amide bonds. The Kier molecular flexibility index (Phi) is 3.40. The summed E-state index contributed by atoms with van der Waals surface area (Å²) in [7, 11) is -2.96. The summed E-state index contributed by atoms with van der Waals surface area (Å²) in [5.74, 6) is 1.50. The van der Waals surface area contributed by atoms with Crippen molar-refractivity contribution in [1.29, 1.82) is 0 Å². The van der Waals surface area contributed by atoms with Crippen LogP contribution in [0.3, 0.4) is 0 Å². The zero-order chi connectivity index (χ0) is 13.7. The van der Waals surface area contributed by atoms with Gasteiger partial charge in [-0.15, -0.1) is 0 Å². The zero-order valence-electron chi connectivity index (χ0n) is 12.5. The molecule has 4 atom stereocenters. The van der Waals surface area contributed by atoms with Crippen molar-refractivity contribution in [2.24, 2.45) is 17.3 Å². The average molecular weight is 286 g/mol. The molecule has 0 aromatic rings. The van der Waals surface area contributed by atoms with E-state index in [4.69, 9.17) is 9.05 Å². The molecule has 4 aliphatic rings. The Morgan fingerprint density at radius 2 is 1.58 bits per heavy atom. The fourth-order valence-corrected chi connectivity index (χ4v) is 8.48. The first-order valence-electron chi connectivity index (χ1n) is 7.83. The van der Waals surface area contributed by atoms with Crippen molar-refractivity contribution in [3.63, 3.8) is 0 Å². The van der Waals surface area contributed by atoms with Crippen molar-refractivity contribution in [2.75, 3.05) is 13.2 Å². The van der Waals surface area contributed by atoms with E-state index in [0.29, 0.717) is 18.6 Å². The van der Waals surface area contributed by atoms with Gasteiger partial charge >= 0.3 is 7.60 Å². The van der Waals surface area contributed by atoms with Crippen LogP contribution in [0.15, 0.2) is 0 Å². The standard InChI is InChI=1S/C15H27O3P/c1-4-17-19(16,18-5-2)15-9-12-6-13(10-15)8-14(3,7-12)11-15/h12-13H,4-11H2,1-3H3/t12-,13+,14?,15?. The Labute approximate surface area is 117 Å². The molecule has 0 aromatic carbocycles. The minimum atomic E-state index is -2.96. The second-order valence-electron chi connectivity index (χ2n) is 7.33. The molecule has 4 bridgehead atoms. The fourth-order valence-electron chi connectivity index (χ4n) is 5.64. The average Bonchev–Trinajstić information content (AvgIpc) is 2.25. The maximum absolute atomic E-state index is 13.4. The summed E-state index contributed by atoms with van der Waals surface area (Å²) in [6.45, 7) is 7.22. The zero-order valence-corrected chi connectivity index (χ0v) is 13.4. The minimum absolute atomic E-state index is 0.169. The highest BCUT2D eigenvalue weighted by Gasteiger charge is 2.64. The van der Waals surface area contributed by atoms with E-state index in [0.717, 1.165) is 31.1 Å². The van der Waals surface area contributed by atoms with E-state index in [9.17, 15) is 4.57 Å². The van der Waals surface area contributed by atoms with Crippen molar-refractivity contribution in [1.82, 2.24) is 0 Å². The highest BCUT2D eigenvalue weighted by atomic mass is 31.2. The Morgan fingerprint density at radius 1 is 1.05 bits per heavy atom. The third-order valence-electron chi connectivity index (χ3n) is 5.50. The summed E-state index contributed by atoms with van der Waals surface area (Å²) in [6, 6.07) is 0. The Bertz CT molecular complexity index is 382. The molecule has 0 saturated heterocycles. The molecule has 110 valence electrons. The maximum Gasteiger partial charge on any atom is 0.336 e. The normalized spacial score (nSPS) is 44.8. The first-order chi connectivity index (χ1) is 8.94. The molecule has 0 aromatic heterocycles. The van der Waals surface area contributed by atoms with E-state index >= 15 is 0 Å². The summed E-state index contributed by atoms with van der Waals surface area (Å²) < 4.78 is 24.8. The van der Waals surface area contributed by atoms with Gasteiger partial charge in [-0.05, 0) is 69.6 Å². The predicted octanol–water partition coefficient (Wildman–Crippen LogP) is 4.61. The van der Waals surface area contributed by atoms with Gasteiger partial charge in [-0.2, -0.15) is 0 Å². The van der Waals surface area contributed by atoms with Crippen molar-refractivity contribution in [2.45, 2.75) is 64.5 Å². The Balaban J connectivity index is 1.95. The van der Waals surface area contributed by atoms with Gasteiger partial charge in [0.1, 0.15) is 0 Å². The van der Waals surface area contributed by atoms with E-state index in [-0.39, 0.29) is 5.16 Å². The Hall–Kier alpha value is 0.150. The smallest absolute Gasteiger partial charge is 0.308 e. The minimum Gasteiger partial charge on any atom is -0.308 e. The summed E-state index contributed by atoms with van der Waals surface area (Å²) >= 11 is 0. The van der Waals surface area contributed by atoms with E-state index in [2.05, 4.69) is 6.92 Å². The van der Waals surface area contributed by atoms with E-state index < -0.39 is 7.60 Å². The van der Waals surface area contributed by atoms with Crippen molar-refractivity contribution in [3.8, 4) is 0 Å². The molecular formula is C15H27O3P. The van der Waals surface area contributed by atoms with Crippen molar-refractivity contribution < 1.29 is 13.6 Å². The second kappa shape index (κ2) is 4.58. The van der Waals surface area contributed by atoms with Crippen LogP contribution in [0.4, 0.5) is 0 Å². The van der Waals surface area contributed by atoms with Crippen molar-refractivity contribution in [3.05, 3.63) is 0 Å². The molecule has 0 aliphatic heterocycles. The number of hydrogen-bond donors (Lipinski definition) is 0. The largest absolute Gasteiger partial charge is 0.336 e. The lowest BCUT2D eigenvalue weighted by molar-refractivity contribution is -0.0402. The molecule has 4 rings (SSSR count). The summed E-state index contributed by atoms with van der Waals surface area (Å²) in [6.07, 6.45) is 7.17. The molecule has 0 radical (unpaired) electrons. The van der Waals surface area contributed by atoms with Crippen LogP contribution in [0.5, 0.6) is 0 Å². The number of hydrogen-bond acceptors (Lipinski definition) is 3. The monoisotopic (exact) mass is 286 g/mol. The molecule has 4 aliphatic carbocycles. The van der Waals surface area contributed by atoms with Crippen LogP contribution in [0.2, 0.25) is 0 Å². The van der Waals surface area contributed by atoms with Gasteiger partial charge in [0, 0.05) is 0 Å². The lowest BCUT2D eigenvalue weighted by Crippen LogP contribution is -2.54. The third-order valence-corrected chi connectivity index (χ3v) is 8.38. The summed E-state index contributed by atoms with van der Waals surface area (Å²) in [5.41, 5.74) is 0.383. The molecule has 3 nitrogen and oxygen atoms in total. The van der Waals surface area contributed by atoms with Crippen LogP contribution in [0.1, 0.15) is 59.3 Å². The second-order valence-corrected chi connectivity index (χ2v) is 9.79. The fraction of sp³-hybridized carbons (Fsp3) is 1.00. The topological polar surface area (TPSA) is 35.5 Å². The molecule has 2 unspecified atom stereocenters. The quantitative estimate of drug-likeness (QED) is 0.692. The van der Waals surface area contributed by atoms with Gasteiger partial charge in [0.15, 0.2) is 0 Å². The highest BCUT2D eigenvalue weighted by molar-refractivity contribution is 7.55. The van der Waals surface area contributed by atoms with Gasteiger partial charge in [0.25, 0.3) is 0 Å². The molecule has 19 heavy (non-hydrogen) atoms. The molecule has 4 fully saturated rings. The van der Waals surface area contributed by atoms with Gasteiger partial charge in [-0.3, -0.25) is 4.57 Å². The Morgan fingerprint density at radius 3 is 2.00 bits per heavy atom. The molecule has 0 spiro atoms. The van der Waals surface area contributed by atoms with Gasteiger partial charge in [0.05, 0.1) is 18.4 Å². The molecule has 4 heteroatoms.